The standard InChI is InChI=1S/C17H26N2O4S/c1-12-10-13(2)15(4)17(14(12)3)24(21,22)19-8-6-18(7-9-19)16(20)11-23-5/h10H,6-9,11H2,1-5H3. The number of benzene rings is 1. The number of sulfonamides is 1. The molecule has 2 rings (SSSR count). The normalized spacial score (nSPS) is 16.5. The van der Waals surface area contributed by atoms with Crippen molar-refractivity contribution in [2.24, 2.45) is 0 Å². The molecule has 1 saturated heterocycles. The zero-order chi connectivity index (χ0) is 18.1. The molecule has 1 fully saturated rings. The van der Waals surface area contributed by atoms with Crippen molar-refractivity contribution in [2.45, 2.75) is 32.6 Å². The second-order valence-electron chi connectivity index (χ2n) is 6.31. The zero-order valence-electron chi connectivity index (χ0n) is 15.0. The van der Waals surface area contributed by atoms with Crippen LogP contribution in [-0.4, -0.2) is 63.4 Å². The summed E-state index contributed by atoms with van der Waals surface area (Å²) < 4.78 is 32.6. The Bertz CT molecular complexity index is 709. The van der Waals surface area contributed by atoms with Gasteiger partial charge in [-0.25, -0.2) is 8.42 Å². The van der Waals surface area contributed by atoms with Crippen LogP contribution in [0.5, 0.6) is 0 Å². The monoisotopic (exact) mass is 354 g/mol. The van der Waals surface area contributed by atoms with Gasteiger partial charge in [0.25, 0.3) is 0 Å². The first-order chi connectivity index (χ1) is 11.2. The molecule has 1 heterocycles. The van der Waals surface area contributed by atoms with Crippen molar-refractivity contribution in [3.63, 3.8) is 0 Å². The average Bonchev–Trinajstić information content (AvgIpc) is 2.53. The lowest BCUT2D eigenvalue weighted by atomic mass is 10.0. The second kappa shape index (κ2) is 7.21. The van der Waals surface area contributed by atoms with Gasteiger partial charge in [0.05, 0.1) is 4.90 Å². The highest BCUT2D eigenvalue weighted by atomic mass is 32.2. The molecule has 0 radical (unpaired) electrons. The third-order valence-corrected chi connectivity index (χ3v) is 6.93. The summed E-state index contributed by atoms with van der Waals surface area (Å²) in [7, 11) is -2.09. The van der Waals surface area contributed by atoms with E-state index in [-0.39, 0.29) is 12.5 Å². The SMILES string of the molecule is COCC(=O)N1CCN(S(=O)(=O)c2c(C)c(C)cc(C)c2C)CC1. The van der Waals surface area contributed by atoms with E-state index in [2.05, 4.69) is 0 Å². The molecule has 1 aromatic carbocycles. The van der Waals surface area contributed by atoms with Gasteiger partial charge in [0.1, 0.15) is 6.61 Å². The number of nitrogens with zero attached hydrogens (tertiary/aromatic N) is 2. The number of hydrogen-bond donors (Lipinski definition) is 0. The lowest BCUT2D eigenvalue weighted by Gasteiger charge is -2.34. The number of amides is 1. The third-order valence-electron chi connectivity index (χ3n) is 4.75. The Balaban J connectivity index is 2.26. The highest BCUT2D eigenvalue weighted by molar-refractivity contribution is 7.89. The fraction of sp³-hybridized carbons (Fsp3) is 0.588. The number of carbonyl (C=O) groups excluding carboxylic acids is 1. The predicted octanol–water partition coefficient (Wildman–Crippen LogP) is 1.40. The third kappa shape index (κ3) is 3.48. The number of rotatable bonds is 4. The molecule has 134 valence electrons. The molecular formula is C17H26N2O4S. The van der Waals surface area contributed by atoms with Crippen molar-refractivity contribution >= 4 is 15.9 Å². The lowest BCUT2D eigenvalue weighted by Crippen LogP contribution is -2.51. The van der Waals surface area contributed by atoms with Gasteiger partial charge in [-0.3, -0.25) is 4.79 Å². The summed E-state index contributed by atoms with van der Waals surface area (Å²) in [6.45, 7) is 9.01. The van der Waals surface area contributed by atoms with Crippen LogP contribution in [0.1, 0.15) is 22.3 Å². The van der Waals surface area contributed by atoms with Crippen LogP contribution in [0.15, 0.2) is 11.0 Å². The van der Waals surface area contributed by atoms with Crippen LogP contribution in [0.25, 0.3) is 0 Å². The minimum Gasteiger partial charge on any atom is -0.375 e. The number of methoxy groups -OCH3 is 1. The Hall–Kier alpha value is -1.44. The van der Waals surface area contributed by atoms with Crippen LogP contribution in [0.2, 0.25) is 0 Å². The van der Waals surface area contributed by atoms with E-state index in [0.29, 0.717) is 31.1 Å². The first kappa shape index (κ1) is 18.9. The molecule has 1 aliphatic heterocycles. The molecule has 0 aromatic heterocycles. The van der Waals surface area contributed by atoms with Crippen LogP contribution >= 0.6 is 0 Å². The molecule has 24 heavy (non-hydrogen) atoms. The number of hydrogen-bond acceptors (Lipinski definition) is 4. The Morgan fingerprint density at radius 1 is 1.04 bits per heavy atom. The molecule has 0 atom stereocenters. The zero-order valence-corrected chi connectivity index (χ0v) is 15.9. The van der Waals surface area contributed by atoms with Crippen LogP contribution < -0.4 is 0 Å². The average molecular weight is 354 g/mol. The van der Waals surface area contributed by atoms with Crippen molar-refractivity contribution in [2.75, 3.05) is 39.9 Å². The molecule has 6 nitrogen and oxygen atoms in total. The van der Waals surface area contributed by atoms with Crippen molar-refractivity contribution < 1.29 is 17.9 Å². The van der Waals surface area contributed by atoms with E-state index in [1.807, 2.05) is 33.8 Å². The van der Waals surface area contributed by atoms with E-state index in [0.717, 1.165) is 22.3 Å². The van der Waals surface area contributed by atoms with Gasteiger partial charge in [-0.2, -0.15) is 4.31 Å². The van der Waals surface area contributed by atoms with Crippen LogP contribution in [-0.2, 0) is 19.6 Å². The smallest absolute Gasteiger partial charge is 0.248 e. The Morgan fingerprint density at radius 3 is 2.00 bits per heavy atom. The van der Waals surface area contributed by atoms with Crippen molar-refractivity contribution in [3.8, 4) is 0 Å². The maximum Gasteiger partial charge on any atom is 0.248 e. The Morgan fingerprint density at radius 2 is 1.54 bits per heavy atom. The molecule has 0 bridgehead atoms. The summed E-state index contributed by atoms with van der Waals surface area (Å²) in [5.41, 5.74) is 3.56. The van der Waals surface area contributed by atoms with Crippen LogP contribution in [0, 0.1) is 27.7 Å². The van der Waals surface area contributed by atoms with E-state index >= 15 is 0 Å². The summed E-state index contributed by atoms with van der Waals surface area (Å²) in [6.07, 6.45) is 0. The Labute approximate surface area is 144 Å². The van der Waals surface area contributed by atoms with Gasteiger partial charge in [0, 0.05) is 33.3 Å². The maximum absolute atomic E-state index is 13.1. The first-order valence-corrected chi connectivity index (χ1v) is 9.48. The minimum atomic E-state index is -3.57. The predicted molar refractivity (Wildman–Crippen MR) is 92.6 cm³/mol. The van der Waals surface area contributed by atoms with Gasteiger partial charge in [-0.1, -0.05) is 6.07 Å². The summed E-state index contributed by atoms with van der Waals surface area (Å²) in [5.74, 6) is -0.103. The number of piperazine rings is 1. The number of aryl methyl sites for hydroxylation is 2. The number of carbonyl (C=O) groups is 1. The van der Waals surface area contributed by atoms with Crippen molar-refractivity contribution in [1.29, 1.82) is 0 Å². The van der Waals surface area contributed by atoms with E-state index in [1.165, 1.54) is 11.4 Å². The van der Waals surface area contributed by atoms with E-state index in [1.54, 1.807) is 4.90 Å². The van der Waals surface area contributed by atoms with E-state index in [9.17, 15) is 13.2 Å². The summed E-state index contributed by atoms with van der Waals surface area (Å²) in [6, 6.07) is 2.02. The molecule has 1 aliphatic rings. The maximum atomic E-state index is 13.1. The highest BCUT2D eigenvalue weighted by Gasteiger charge is 2.32. The van der Waals surface area contributed by atoms with Crippen molar-refractivity contribution in [3.05, 3.63) is 28.3 Å². The molecular weight excluding hydrogens is 328 g/mol. The minimum absolute atomic E-state index is 0.0298. The summed E-state index contributed by atoms with van der Waals surface area (Å²) >= 11 is 0. The quantitative estimate of drug-likeness (QED) is 0.820. The molecule has 7 heteroatoms. The van der Waals surface area contributed by atoms with Gasteiger partial charge < -0.3 is 9.64 Å². The summed E-state index contributed by atoms with van der Waals surface area (Å²) in [5, 5.41) is 0. The molecule has 1 aromatic rings. The number of ether oxygens (including phenoxy) is 1. The lowest BCUT2D eigenvalue weighted by molar-refractivity contribution is -0.136. The first-order valence-electron chi connectivity index (χ1n) is 8.04. The molecule has 0 saturated carbocycles. The van der Waals surface area contributed by atoms with Crippen LogP contribution in [0.3, 0.4) is 0 Å². The van der Waals surface area contributed by atoms with E-state index in [4.69, 9.17) is 4.74 Å². The van der Waals surface area contributed by atoms with Gasteiger partial charge in [-0.05, 0) is 49.9 Å². The van der Waals surface area contributed by atoms with E-state index < -0.39 is 10.0 Å². The summed E-state index contributed by atoms with van der Waals surface area (Å²) in [4.78, 5) is 13.9. The molecule has 0 N–H and O–H groups in total. The molecule has 0 unspecified atom stereocenters. The largest absolute Gasteiger partial charge is 0.375 e. The van der Waals surface area contributed by atoms with Gasteiger partial charge >= 0.3 is 0 Å². The molecule has 0 aliphatic carbocycles. The Kier molecular flexibility index (Phi) is 5.67. The fourth-order valence-corrected chi connectivity index (χ4v) is 5.09. The molecule has 0 spiro atoms. The van der Waals surface area contributed by atoms with Gasteiger partial charge in [-0.15, -0.1) is 0 Å². The van der Waals surface area contributed by atoms with Gasteiger partial charge in [0.15, 0.2) is 0 Å². The van der Waals surface area contributed by atoms with Crippen LogP contribution in [0.4, 0.5) is 0 Å². The topological polar surface area (TPSA) is 66.9 Å². The highest BCUT2D eigenvalue weighted by Crippen LogP contribution is 2.29. The fourth-order valence-electron chi connectivity index (χ4n) is 3.09. The second-order valence-corrected chi connectivity index (χ2v) is 8.18. The van der Waals surface area contributed by atoms with Gasteiger partial charge in [0.2, 0.25) is 15.9 Å². The van der Waals surface area contributed by atoms with Crippen molar-refractivity contribution in [1.82, 2.24) is 9.21 Å². The molecule has 1 amide bonds.